The van der Waals surface area contributed by atoms with Crippen molar-refractivity contribution in [3.8, 4) is 11.5 Å². The van der Waals surface area contributed by atoms with E-state index in [1.54, 1.807) is 0 Å². The Morgan fingerprint density at radius 1 is 1.18 bits per heavy atom. The van der Waals surface area contributed by atoms with Gasteiger partial charge in [0.1, 0.15) is 0 Å². The number of carbonyl (C=O) groups is 1. The number of aliphatic hydroxyl groups excluding tert-OH is 2. The van der Waals surface area contributed by atoms with Crippen molar-refractivity contribution >= 4 is 5.91 Å². The first kappa shape index (κ1) is 11.7. The van der Waals surface area contributed by atoms with Gasteiger partial charge in [0.05, 0.1) is 17.8 Å². The molecule has 1 heterocycles. The highest BCUT2D eigenvalue weighted by molar-refractivity contribution is 5.97. The lowest BCUT2D eigenvalue weighted by Gasteiger charge is -2.16. The molecule has 0 unspecified atom stereocenters. The third-order valence-electron chi connectivity index (χ3n) is 2.79. The zero-order valence-electron chi connectivity index (χ0n) is 8.95. The Balaban J connectivity index is 2.24. The number of para-hydroxylation sites is 1. The van der Waals surface area contributed by atoms with Crippen molar-refractivity contribution in [2.45, 2.75) is 12.2 Å². The molecule has 2 rings (SSSR count). The van der Waals surface area contributed by atoms with Crippen LogP contribution < -0.4 is 0 Å². The highest BCUT2D eigenvalue weighted by atomic mass is 16.3. The number of hydrogen-bond acceptors (Lipinski definition) is 5. The van der Waals surface area contributed by atoms with Gasteiger partial charge in [-0.05, 0) is 12.1 Å². The Hall–Kier alpha value is -1.79. The highest BCUT2D eigenvalue weighted by Gasteiger charge is 2.33. The number of nitrogens with zero attached hydrogens (tertiary/aromatic N) is 1. The maximum Gasteiger partial charge on any atom is 0.257 e. The third-order valence-corrected chi connectivity index (χ3v) is 2.79. The predicted molar refractivity (Wildman–Crippen MR) is 57.7 cm³/mol. The average Bonchev–Trinajstić information content (AvgIpc) is 2.62. The van der Waals surface area contributed by atoms with Gasteiger partial charge in [0.25, 0.3) is 5.91 Å². The van der Waals surface area contributed by atoms with Gasteiger partial charge in [-0.1, -0.05) is 6.07 Å². The SMILES string of the molecule is O=C(c1cccc(O)c1O)N1C[C@@H](O)[C@@H](O)C1. The molecule has 4 N–H and O–H groups in total. The molecule has 1 fully saturated rings. The summed E-state index contributed by atoms with van der Waals surface area (Å²) in [5.41, 5.74) is -0.0497. The van der Waals surface area contributed by atoms with Crippen LogP contribution in [0, 0.1) is 0 Å². The monoisotopic (exact) mass is 239 g/mol. The number of amides is 1. The molecule has 0 spiro atoms. The Morgan fingerprint density at radius 2 is 1.76 bits per heavy atom. The van der Waals surface area contributed by atoms with Gasteiger partial charge in [-0.25, -0.2) is 0 Å². The number of likely N-dealkylation sites (tertiary alicyclic amines) is 1. The number of hydrogen-bond donors (Lipinski definition) is 4. The summed E-state index contributed by atoms with van der Waals surface area (Å²) in [6, 6.07) is 4.07. The molecule has 0 aliphatic carbocycles. The molecule has 2 atom stereocenters. The number of aromatic hydroxyl groups is 2. The van der Waals surface area contributed by atoms with Crippen molar-refractivity contribution < 1.29 is 25.2 Å². The van der Waals surface area contributed by atoms with E-state index in [9.17, 15) is 25.2 Å². The lowest BCUT2D eigenvalue weighted by molar-refractivity contribution is 0.0572. The van der Waals surface area contributed by atoms with Crippen LogP contribution in [0.2, 0.25) is 0 Å². The molecule has 1 aliphatic rings. The second-order valence-electron chi connectivity index (χ2n) is 4.02. The Morgan fingerprint density at radius 3 is 2.35 bits per heavy atom. The van der Waals surface area contributed by atoms with Gasteiger partial charge in [0, 0.05) is 13.1 Å². The van der Waals surface area contributed by atoms with Crippen molar-refractivity contribution in [1.29, 1.82) is 0 Å². The van der Waals surface area contributed by atoms with Gasteiger partial charge >= 0.3 is 0 Å². The minimum atomic E-state index is -0.974. The zero-order valence-corrected chi connectivity index (χ0v) is 8.95. The molecule has 6 heteroatoms. The summed E-state index contributed by atoms with van der Waals surface area (Å²) >= 11 is 0. The van der Waals surface area contributed by atoms with Crippen molar-refractivity contribution in [3.63, 3.8) is 0 Å². The molecule has 0 aromatic heterocycles. The molecule has 1 aromatic rings. The Bertz CT molecular complexity index is 437. The van der Waals surface area contributed by atoms with E-state index in [-0.39, 0.29) is 24.4 Å². The van der Waals surface area contributed by atoms with E-state index in [0.717, 1.165) is 0 Å². The highest BCUT2D eigenvalue weighted by Crippen LogP contribution is 2.29. The lowest BCUT2D eigenvalue weighted by atomic mass is 10.1. The first-order chi connectivity index (χ1) is 8.00. The molecule has 1 aliphatic heterocycles. The fraction of sp³-hybridized carbons (Fsp3) is 0.364. The topological polar surface area (TPSA) is 101 Å². The molecule has 1 aromatic carbocycles. The summed E-state index contributed by atoms with van der Waals surface area (Å²) in [6.45, 7) is 0.0180. The van der Waals surface area contributed by atoms with Gasteiger partial charge < -0.3 is 25.3 Å². The molecule has 0 bridgehead atoms. The third kappa shape index (κ3) is 2.04. The van der Waals surface area contributed by atoms with Crippen LogP contribution in [0.5, 0.6) is 11.5 Å². The van der Waals surface area contributed by atoms with E-state index in [1.165, 1.54) is 23.1 Å². The van der Waals surface area contributed by atoms with Crippen LogP contribution in [-0.4, -0.2) is 56.5 Å². The molecule has 92 valence electrons. The van der Waals surface area contributed by atoms with Gasteiger partial charge in [-0.15, -0.1) is 0 Å². The van der Waals surface area contributed by atoms with Crippen molar-refractivity contribution in [1.82, 2.24) is 4.90 Å². The minimum absolute atomic E-state index is 0.00902. The predicted octanol–water partition coefficient (Wildman–Crippen LogP) is -0.725. The summed E-state index contributed by atoms with van der Waals surface area (Å²) in [7, 11) is 0. The van der Waals surface area contributed by atoms with Crippen LogP contribution in [0.3, 0.4) is 0 Å². The van der Waals surface area contributed by atoms with Crippen molar-refractivity contribution in [2.24, 2.45) is 0 Å². The number of aliphatic hydroxyl groups is 2. The van der Waals surface area contributed by atoms with E-state index >= 15 is 0 Å². The maximum atomic E-state index is 11.9. The zero-order chi connectivity index (χ0) is 12.6. The summed E-state index contributed by atoms with van der Waals surface area (Å²) < 4.78 is 0. The second kappa shape index (κ2) is 4.23. The molecular weight excluding hydrogens is 226 g/mol. The smallest absolute Gasteiger partial charge is 0.257 e. The normalized spacial score (nSPS) is 24.0. The Kier molecular flexibility index (Phi) is 2.91. The first-order valence-electron chi connectivity index (χ1n) is 5.17. The van der Waals surface area contributed by atoms with Crippen molar-refractivity contribution in [2.75, 3.05) is 13.1 Å². The minimum Gasteiger partial charge on any atom is -0.504 e. The van der Waals surface area contributed by atoms with Crippen LogP contribution in [0.1, 0.15) is 10.4 Å². The number of rotatable bonds is 1. The molecule has 6 nitrogen and oxygen atoms in total. The number of phenols is 2. The molecule has 17 heavy (non-hydrogen) atoms. The van der Waals surface area contributed by atoms with E-state index < -0.39 is 23.9 Å². The Labute approximate surface area is 97.3 Å². The summed E-state index contributed by atoms with van der Waals surface area (Å²) in [4.78, 5) is 13.2. The molecule has 1 saturated heterocycles. The van der Waals surface area contributed by atoms with E-state index in [2.05, 4.69) is 0 Å². The van der Waals surface area contributed by atoms with Crippen LogP contribution in [0.25, 0.3) is 0 Å². The summed E-state index contributed by atoms with van der Waals surface area (Å²) in [5.74, 6) is -1.40. The number of phenolic OH excluding ortho intramolecular Hbond substituents is 2. The molecular formula is C11H13NO5. The fourth-order valence-electron chi connectivity index (χ4n) is 1.81. The standard InChI is InChI=1S/C11H13NO5/c13-7-3-1-2-6(10(7)16)11(17)12-4-8(14)9(15)5-12/h1-3,8-9,13-16H,4-5H2/t8-,9+. The fourth-order valence-corrected chi connectivity index (χ4v) is 1.81. The van der Waals surface area contributed by atoms with Crippen LogP contribution in [0.4, 0.5) is 0 Å². The lowest BCUT2D eigenvalue weighted by Crippen LogP contribution is -2.29. The van der Waals surface area contributed by atoms with Gasteiger partial charge in [0.15, 0.2) is 11.5 Å². The first-order valence-corrected chi connectivity index (χ1v) is 5.17. The van der Waals surface area contributed by atoms with E-state index in [1.807, 2.05) is 0 Å². The number of carbonyl (C=O) groups excluding carboxylic acids is 1. The van der Waals surface area contributed by atoms with E-state index in [4.69, 9.17) is 0 Å². The largest absolute Gasteiger partial charge is 0.504 e. The van der Waals surface area contributed by atoms with Gasteiger partial charge in [-0.2, -0.15) is 0 Å². The maximum absolute atomic E-state index is 11.9. The van der Waals surface area contributed by atoms with Crippen LogP contribution in [0.15, 0.2) is 18.2 Å². The quantitative estimate of drug-likeness (QED) is 0.484. The summed E-state index contributed by atoms with van der Waals surface area (Å²) in [5, 5.41) is 37.5. The van der Waals surface area contributed by atoms with Crippen molar-refractivity contribution in [3.05, 3.63) is 23.8 Å². The number of β-amino-alcohol motifs (C(OH)–C–C–N with tert-alkyl or cyclic N) is 2. The summed E-state index contributed by atoms with van der Waals surface area (Å²) in [6.07, 6.45) is -1.95. The van der Waals surface area contributed by atoms with Crippen LogP contribution in [-0.2, 0) is 0 Å². The van der Waals surface area contributed by atoms with Crippen LogP contribution >= 0.6 is 0 Å². The second-order valence-corrected chi connectivity index (χ2v) is 4.02. The van der Waals surface area contributed by atoms with Gasteiger partial charge in [-0.3, -0.25) is 4.79 Å². The number of benzene rings is 1. The molecule has 1 amide bonds. The molecule has 0 saturated carbocycles. The molecule has 0 radical (unpaired) electrons. The van der Waals surface area contributed by atoms with Gasteiger partial charge in [0.2, 0.25) is 0 Å². The average molecular weight is 239 g/mol. The van der Waals surface area contributed by atoms with E-state index in [0.29, 0.717) is 0 Å².